The van der Waals surface area contributed by atoms with E-state index in [9.17, 15) is 5.11 Å². The molecule has 2 unspecified atom stereocenters. The van der Waals surface area contributed by atoms with Crippen LogP contribution in [0.5, 0.6) is 0 Å². The van der Waals surface area contributed by atoms with Gasteiger partial charge < -0.3 is 10.0 Å². The van der Waals surface area contributed by atoms with Crippen molar-refractivity contribution in [1.29, 1.82) is 0 Å². The second-order valence-electron chi connectivity index (χ2n) is 4.66. The van der Waals surface area contributed by atoms with E-state index in [1.807, 2.05) is 11.6 Å². The summed E-state index contributed by atoms with van der Waals surface area (Å²) in [7, 11) is 4.15. The summed E-state index contributed by atoms with van der Waals surface area (Å²) < 4.78 is 0. The van der Waals surface area contributed by atoms with Gasteiger partial charge >= 0.3 is 0 Å². The van der Waals surface area contributed by atoms with E-state index in [1.165, 1.54) is 0 Å². The maximum atomic E-state index is 9.73. The smallest absolute Gasteiger partial charge is 0.107 e. The van der Waals surface area contributed by atoms with Crippen LogP contribution in [0, 0.1) is 0 Å². The van der Waals surface area contributed by atoms with Crippen molar-refractivity contribution in [3.8, 4) is 0 Å². The number of nitrogens with zero attached hydrogens (tertiary/aromatic N) is 3. The predicted molar refractivity (Wildman–Crippen MR) is 65.5 cm³/mol. The summed E-state index contributed by atoms with van der Waals surface area (Å²) in [5.74, 6) is 0. The average Bonchev–Trinajstić information content (AvgIpc) is 2.77. The summed E-state index contributed by atoms with van der Waals surface area (Å²) in [6.45, 7) is 2.65. The lowest BCUT2D eigenvalue weighted by Gasteiger charge is -2.25. The average molecular weight is 241 g/mol. The van der Waals surface area contributed by atoms with E-state index in [4.69, 9.17) is 0 Å². The van der Waals surface area contributed by atoms with Crippen molar-refractivity contribution in [1.82, 2.24) is 14.8 Å². The number of aliphatic hydroxyl groups excluding tert-OH is 1. The Balaban J connectivity index is 1.95. The fourth-order valence-electron chi connectivity index (χ4n) is 2.27. The van der Waals surface area contributed by atoms with Crippen LogP contribution in [0.4, 0.5) is 0 Å². The molecule has 1 fully saturated rings. The Morgan fingerprint density at radius 2 is 2.44 bits per heavy atom. The molecule has 2 rings (SSSR count). The fraction of sp³-hybridized carbons (Fsp3) is 0.727. The highest BCUT2D eigenvalue weighted by Crippen LogP contribution is 2.21. The van der Waals surface area contributed by atoms with Gasteiger partial charge in [0.25, 0.3) is 0 Å². The molecule has 1 aliphatic heterocycles. The van der Waals surface area contributed by atoms with Gasteiger partial charge in [-0.15, -0.1) is 11.3 Å². The highest BCUT2D eigenvalue weighted by atomic mass is 32.1. The molecule has 4 nitrogen and oxygen atoms in total. The van der Waals surface area contributed by atoms with Crippen molar-refractivity contribution in [2.45, 2.75) is 25.1 Å². The predicted octanol–water partition coefficient (Wildman–Crippen LogP) is 0.640. The third-order valence-electron chi connectivity index (χ3n) is 2.90. The Kier molecular flexibility index (Phi) is 3.91. The van der Waals surface area contributed by atoms with Crippen molar-refractivity contribution >= 4 is 11.3 Å². The lowest BCUT2D eigenvalue weighted by molar-refractivity contribution is 0.169. The molecule has 0 saturated carbocycles. The second kappa shape index (κ2) is 5.23. The first kappa shape index (κ1) is 12.0. The lowest BCUT2D eigenvalue weighted by atomic mass is 10.2. The topological polar surface area (TPSA) is 39.6 Å². The van der Waals surface area contributed by atoms with E-state index in [0.717, 1.165) is 31.1 Å². The van der Waals surface area contributed by atoms with E-state index in [1.54, 1.807) is 11.3 Å². The number of hydrogen-bond donors (Lipinski definition) is 1. The monoisotopic (exact) mass is 241 g/mol. The van der Waals surface area contributed by atoms with Crippen LogP contribution in [0.25, 0.3) is 0 Å². The molecule has 0 aromatic carbocycles. The Bertz CT molecular complexity index is 315. The zero-order chi connectivity index (χ0) is 11.5. The summed E-state index contributed by atoms with van der Waals surface area (Å²) in [6.07, 6.45) is 2.54. The van der Waals surface area contributed by atoms with Crippen molar-refractivity contribution in [3.63, 3.8) is 0 Å². The molecule has 0 spiro atoms. The van der Waals surface area contributed by atoms with Gasteiger partial charge in [-0.2, -0.15) is 0 Å². The molecule has 1 aromatic heterocycles. The molecule has 0 radical (unpaired) electrons. The molecule has 0 aliphatic carbocycles. The number of aliphatic hydroxyl groups is 1. The van der Waals surface area contributed by atoms with Gasteiger partial charge in [0.05, 0.1) is 12.6 Å². The van der Waals surface area contributed by atoms with Gasteiger partial charge in [-0.05, 0) is 20.5 Å². The van der Waals surface area contributed by atoms with Crippen LogP contribution < -0.4 is 0 Å². The van der Waals surface area contributed by atoms with E-state index in [2.05, 4.69) is 28.9 Å². The highest BCUT2D eigenvalue weighted by molar-refractivity contribution is 7.09. The van der Waals surface area contributed by atoms with Crippen molar-refractivity contribution in [3.05, 3.63) is 16.6 Å². The van der Waals surface area contributed by atoms with Gasteiger partial charge in [-0.1, -0.05) is 0 Å². The highest BCUT2D eigenvalue weighted by Gasteiger charge is 2.31. The molecule has 90 valence electrons. The largest absolute Gasteiger partial charge is 0.392 e. The molecule has 5 heteroatoms. The number of thiazole rings is 1. The first-order chi connectivity index (χ1) is 7.65. The SMILES string of the molecule is CN(C)CC1CC(O)CN1Cc1nccs1. The Morgan fingerprint density at radius 1 is 1.62 bits per heavy atom. The van der Waals surface area contributed by atoms with E-state index >= 15 is 0 Å². The Morgan fingerprint density at radius 3 is 3.06 bits per heavy atom. The van der Waals surface area contributed by atoms with Crippen LogP contribution in [-0.4, -0.2) is 59.2 Å². The second-order valence-corrected chi connectivity index (χ2v) is 5.64. The summed E-state index contributed by atoms with van der Waals surface area (Å²) in [4.78, 5) is 8.81. The maximum Gasteiger partial charge on any atom is 0.107 e. The normalized spacial score (nSPS) is 26.8. The van der Waals surface area contributed by atoms with E-state index in [-0.39, 0.29) is 6.10 Å². The van der Waals surface area contributed by atoms with Gasteiger partial charge in [-0.25, -0.2) is 4.98 Å². The fourth-order valence-corrected chi connectivity index (χ4v) is 2.91. The Hall–Kier alpha value is -0.490. The minimum atomic E-state index is -0.176. The first-order valence-corrected chi connectivity index (χ1v) is 6.48. The molecule has 16 heavy (non-hydrogen) atoms. The molecule has 1 aliphatic rings. The summed E-state index contributed by atoms with van der Waals surface area (Å²) >= 11 is 1.68. The number of β-amino-alcohol motifs (C(OH)–C–C–N with tert-alkyl or cyclic N) is 1. The maximum absolute atomic E-state index is 9.73. The van der Waals surface area contributed by atoms with Crippen molar-refractivity contribution < 1.29 is 5.11 Å². The van der Waals surface area contributed by atoms with Gasteiger partial charge in [0.1, 0.15) is 5.01 Å². The summed E-state index contributed by atoms with van der Waals surface area (Å²) in [6, 6.07) is 0.453. The molecular weight excluding hydrogens is 222 g/mol. The third-order valence-corrected chi connectivity index (χ3v) is 3.67. The van der Waals surface area contributed by atoms with Gasteiger partial charge in [-0.3, -0.25) is 4.90 Å². The van der Waals surface area contributed by atoms with E-state index in [0.29, 0.717) is 6.04 Å². The molecule has 0 amide bonds. The third kappa shape index (κ3) is 3.01. The molecule has 1 aromatic rings. The minimum Gasteiger partial charge on any atom is -0.392 e. The van der Waals surface area contributed by atoms with E-state index < -0.39 is 0 Å². The zero-order valence-electron chi connectivity index (χ0n) is 9.83. The number of rotatable bonds is 4. The quantitative estimate of drug-likeness (QED) is 0.840. The summed E-state index contributed by atoms with van der Waals surface area (Å²) in [5, 5.41) is 12.9. The minimum absolute atomic E-state index is 0.176. The van der Waals surface area contributed by atoms with Crippen LogP contribution in [0.2, 0.25) is 0 Å². The van der Waals surface area contributed by atoms with Crippen molar-refractivity contribution in [2.75, 3.05) is 27.2 Å². The van der Waals surface area contributed by atoms with Crippen LogP contribution in [0.3, 0.4) is 0 Å². The van der Waals surface area contributed by atoms with Gasteiger partial charge in [0.2, 0.25) is 0 Å². The molecular formula is C11H19N3OS. The molecule has 0 bridgehead atoms. The lowest BCUT2D eigenvalue weighted by Crippen LogP contribution is -2.37. The number of likely N-dealkylation sites (N-methyl/N-ethyl adjacent to an activating group) is 1. The van der Waals surface area contributed by atoms with Crippen LogP contribution in [-0.2, 0) is 6.54 Å². The first-order valence-electron chi connectivity index (χ1n) is 5.60. The van der Waals surface area contributed by atoms with Crippen LogP contribution >= 0.6 is 11.3 Å². The van der Waals surface area contributed by atoms with Gasteiger partial charge in [0, 0.05) is 30.7 Å². The summed E-state index contributed by atoms with van der Waals surface area (Å²) in [5.41, 5.74) is 0. The molecule has 1 N–H and O–H groups in total. The van der Waals surface area contributed by atoms with Crippen LogP contribution in [0.1, 0.15) is 11.4 Å². The van der Waals surface area contributed by atoms with Crippen molar-refractivity contribution in [2.24, 2.45) is 0 Å². The standard InChI is InChI=1S/C11H19N3OS/c1-13(2)6-9-5-10(15)7-14(9)8-11-12-3-4-16-11/h3-4,9-10,15H,5-8H2,1-2H3. The number of aromatic nitrogens is 1. The van der Waals surface area contributed by atoms with Crippen LogP contribution in [0.15, 0.2) is 11.6 Å². The zero-order valence-corrected chi connectivity index (χ0v) is 10.7. The molecule has 2 heterocycles. The van der Waals surface area contributed by atoms with Gasteiger partial charge in [0.15, 0.2) is 0 Å². The number of hydrogen-bond acceptors (Lipinski definition) is 5. The molecule has 2 atom stereocenters. The Labute approximate surface area is 101 Å². The molecule has 1 saturated heterocycles. The number of likely N-dealkylation sites (tertiary alicyclic amines) is 1.